The number of ether oxygens (including phenoxy) is 1. The lowest BCUT2D eigenvalue weighted by atomic mass is 9.76. The fourth-order valence-electron chi connectivity index (χ4n) is 5.26. The van der Waals surface area contributed by atoms with Gasteiger partial charge in [0.2, 0.25) is 0 Å². The van der Waals surface area contributed by atoms with E-state index < -0.39 is 0 Å². The van der Waals surface area contributed by atoms with Crippen LogP contribution in [-0.2, 0) is 11.3 Å². The van der Waals surface area contributed by atoms with E-state index in [-0.39, 0.29) is 17.6 Å². The van der Waals surface area contributed by atoms with Crippen LogP contribution in [0.2, 0.25) is 0 Å². The number of carbonyl (C=O) groups excluding carboxylic acids is 1. The molecule has 2 aromatic rings. The molecule has 0 spiro atoms. The molecule has 30 heavy (non-hydrogen) atoms. The number of hydrogen-bond acceptors (Lipinski definition) is 4. The van der Waals surface area contributed by atoms with Crippen molar-refractivity contribution in [1.82, 2.24) is 9.47 Å². The van der Waals surface area contributed by atoms with Crippen LogP contribution in [0.25, 0.3) is 0 Å². The van der Waals surface area contributed by atoms with Gasteiger partial charge in [0.15, 0.2) is 0 Å². The molecule has 0 radical (unpaired) electrons. The van der Waals surface area contributed by atoms with E-state index in [1.54, 1.807) is 6.07 Å². The molecule has 0 N–H and O–H groups in total. The van der Waals surface area contributed by atoms with Gasteiger partial charge in [-0.25, -0.2) is 4.79 Å². The lowest BCUT2D eigenvalue weighted by Gasteiger charge is -2.47. The molecule has 0 saturated carbocycles. The molecule has 0 amide bonds. The Morgan fingerprint density at radius 1 is 1.13 bits per heavy atom. The summed E-state index contributed by atoms with van der Waals surface area (Å²) in [7, 11) is 1.40. The maximum Gasteiger partial charge on any atom is 0.337 e. The van der Waals surface area contributed by atoms with Gasteiger partial charge in [-0.2, -0.15) is 0 Å². The SMILES string of the molecule is COC(=O)c1ccc(CN2C[C@H]3C[C@@H](C2)[C@H](CCC(C)C)n2c3cccc2=O)cc1. The first-order valence-electron chi connectivity index (χ1n) is 11.1. The molecule has 5 heteroatoms. The Hall–Kier alpha value is -2.40. The van der Waals surface area contributed by atoms with Gasteiger partial charge >= 0.3 is 5.97 Å². The number of methoxy groups -OCH3 is 1. The molecule has 4 rings (SSSR count). The molecule has 160 valence electrons. The number of benzene rings is 1. The topological polar surface area (TPSA) is 51.5 Å². The van der Waals surface area contributed by atoms with Crippen LogP contribution in [0, 0.1) is 11.8 Å². The summed E-state index contributed by atoms with van der Waals surface area (Å²) in [5.74, 6) is 1.24. The summed E-state index contributed by atoms with van der Waals surface area (Å²) in [6, 6.07) is 13.8. The van der Waals surface area contributed by atoms with Gasteiger partial charge in [0.05, 0.1) is 12.7 Å². The van der Waals surface area contributed by atoms with Crippen LogP contribution in [0.4, 0.5) is 0 Å². The molecule has 1 fully saturated rings. The molecule has 3 heterocycles. The summed E-state index contributed by atoms with van der Waals surface area (Å²) in [5.41, 5.74) is 3.15. The first kappa shape index (κ1) is 20.9. The predicted molar refractivity (Wildman–Crippen MR) is 118 cm³/mol. The summed E-state index contributed by atoms with van der Waals surface area (Å²) in [6.45, 7) is 7.35. The molecule has 2 aliphatic heterocycles. The lowest BCUT2D eigenvalue weighted by molar-refractivity contribution is 0.0600. The maximum absolute atomic E-state index is 12.7. The number of pyridine rings is 1. The average Bonchev–Trinajstić information content (AvgIpc) is 2.74. The third-order valence-corrected chi connectivity index (χ3v) is 6.70. The third kappa shape index (κ3) is 4.22. The Kier molecular flexibility index (Phi) is 6.09. The predicted octanol–water partition coefficient (Wildman–Crippen LogP) is 4.23. The Morgan fingerprint density at radius 2 is 1.90 bits per heavy atom. The number of fused-ring (bicyclic) bond motifs is 4. The van der Waals surface area contributed by atoms with Crippen molar-refractivity contribution in [1.29, 1.82) is 0 Å². The molecule has 1 aromatic carbocycles. The van der Waals surface area contributed by atoms with E-state index in [2.05, 4.69) is 29.4 Å². The van der Waals surface area contributed by atoms with E-state index in [0.29, 0.717) is 23.3 Å². The molecule has 0 unspecified atom stereocenters. The van der Waals surface area contributed by atoms with Crippen LogP contribution in [0.15, 0.2) is 47.3 Å². The number of piperidine rings is 1. The average molecular weight is 409 g/mol. The van der Waals surface area contributed by atoms with E-state index in [4.69, 9.17) is 4.74 Å². The summed E-state index contributed by atoms with van der Waals surface area (Å²) < 4.78 is 6.91. The first-order valence-corrected chi connectivity index (χ1v) is 11.1. The van der Waals surface area contributed by atoms with Gasteiger partial charge in [0, 0.05) is 43.4 Å². The van der Waals surface area contributed by atoms with Crippen molar-refractivity contribution in [2.45, 2.75) is 51.6 Å². The zero-order chi connectivity index (χ0) is 21.3. The Morgan fingerprint density at radius 3 is 2.60 bits per heavy atom. The maximum atomic E-state index is 12.7. The molecule has 5 nitrogen and oxygen atoms in total. The molecular formula is C25H32N2O3. The minimum absolute atomic E-state index is 0.155. The molecular weight excluding hydrogens is 376 g/mol. The van der Waals surface area contributed by atoms with Crippen molar-refractivity contribution < 1.29 is 9.53 Å². The number of nitrogens with zero attached hydrogens (tertiary/aromatic N) is 2. The van der Waals surface area contributed by atoms with Gasteiger partial charge in [-0.15, -0.1) is 0 Å². The second-order valence-corrected chi connectivity index (χ2v) is 9.27. The van der Waals surface area contributed by atoms with Crippen molar-refractivity contribution in [2.75, 3.05) is 20.2 Å². The van der Waals surface area contributed by atoms with Gasteiger partial charge in [-0.1, -0.05) is 32.0 Å². The van der Waals surface area contributed by atoms with Crippen molar-refractivity contribution in [3.05, 3.63) is 69.6 Å². The van der Waals surface area contributed by atoms with Crippen LogP contribution in [0.3, 0.4) is 0 Å². The minimum atomic E-state index is -0.302. The molecule has 2 aliphatic rings. The number of esters is 1. The fourth-order valence-corrected chi connectivity index (χ4v) is 5.26. The first-order chi connectivity index (χ1) is 14.5. The highest BCUT2D eigenvalue weighted by atomic mass is 16.5. The van der Waals surface area contributed by atoms with Gasteiger partial charge in [0.1, 0.15) is 0 Å². The minimum Gasteiger partial charge on any atom is -0.465 e. The van der Waals surface area contributed by atoms with Crippen molar-refractivity contribution in [3.63, 3.8) is 0 Å². The second-order valence-electron chi connectivity index (χ2n) is 9.27. The molecule has 1 aromatic heterocycles. The number of rotatable bonds is 6. The van der Waals surface area contributed by atoms with E-state index >= 15 is 0 Å². The Balaban J connectivity index is 1.55. The van der Waals surface area contributed by atoms with Crippen LogP contribution in [0.5, 0.6) is 0 Å². The smallest absolute Gasteiger partial charge is 0.337 e. The quantitative estimate of drug-likeness (QED) is 0.671. The van der Waals surface area contributed by atoms with E-state index in [9.17, 15) is 9.59 Å². The van der Waals surface area contributed by atoms with E-state index in [1.807, 2.05) is 30.3 Å². The van der Waals surface area contributed by atoms with Crippen LogP contribution in [0.1, 0.15) is 66.7 Å². The second kappa shape index (κ2) is 8.76. The van der Waals surface area contributed by atoms with E-state index in [0.717, 1.165) is 32.5 Å². The van der Waals surface area contributed by atoms with Crippen molar-refractivity contribution in [2.24, 2.45) is 11.8 Å². The largest absolute Gasteiger partial charge is 0.465 e. The zero-order valence-corrected chi connectivity index (χ0v) is 18.2. The molecule has 0 aliphatic carbocycles. The number of carbonyl (C=O) groups is 1. The summed E-state index contributed by atoms with van der Waals surface area (Å²) in [6.07, 6.45) is 3.37. The summed E-state index contributed by atoms with van der Waals surface area (Å²) in [5, 5.41) is 0. The molecule has 1 saturated heterocycles. The highest BCUT2D eigenvalue weighted by Crippen LogP contribution is 2.43. The highest BCUT2D eigenvalue weighted by molar-refractivity contribution is 5.89. The Labute approximate surface area is 178 Å². The van der Waals surface area contributed by atoms with Crippen LogP contribution >= 0.6 is 0 Å². The van der Waals surface area contributed by atoms with E-state index in [1.165, 1.54) is 24.8 Å². The monoisotopic (exact) mass is 408 g/mol. The zero-order valence-electron chi connectivity index (χ0n) is 18.2. The third-order valence-electron chi connectivity index (χ3n) is 6.70. The number of likely N-dealkylation sites (tertiary alicyclic amines) is 1. The highest BCUT2D eigenvalue weighted by Gasteiger charge is 2.40. The summed E-state index contributed by atoms with van der Waals surface area (Å²) in [4.78, 5) is 26.9. The fraction of sp³-hybridized carbons (Fsp3) is 0.520. The van der Waals surface area contributed by atoms with Gasteiger partial charge < -0.3 is 9.30 Å². The number of hydrogen-bond donors (Lipinski definition) is 0. The van der Waals surface area contributed by atoms with Crippen LogP contribution < -0.4 is 5.56 Å². The lowest BCUT2D eigenvalue weighted by Crippen LogP contribution is -2.49. The van der Waals surface area contributed by atoms with Crippen LogP contribution in [-0.4, -0.2) is 35.6 Å². The van der Waals surface area contributed by atoms with Crippen molar-refractivity contribution in [3.8, 4) is 0 Å². The van der Waals surface area contributed by atoms with Crippen molar-refractivity contribution >= 4 is 5.97 Å². The number of aromatic nitrogens is 1. The standard InChI is InChI=1S/C25H32N2O3/c1-17(2)7-12-23-21-13-20(22-5-4-6-24(28)27(22)23)15-26(16-21)14-18-8-10-19(11-9-18)25(29)30-3/h4-6,8-11,17,20-21,23H,7,12-16H2,1-3H3/t20-,21+,23+/m1/s1. The summed E-state index contributed by atoms with van der Waals surface area (Å²) >= 11 is 0. The van der Waals surface area contributed by atoms with Gasteiger partial charge in [0.25, 0.3) is 5.56 Å². The molecule has 3 atom stereocenters. The molecule has 2 bridgehead atoms. The van der Waals surface area contributed by atoms with Gasteiger partial charge in [-0.05, 0) is 54.9 Å². The van der Waals surface area contributed by atoms with Gasteiger partial charge in [-0.3, -0.25) is 9.69 Å². The normalized spacial score (nSPS) is 23.3. The Bertz CT molecular complexity index is 948.